The van der Waals surface area contributed by atoms with Crippen LogP contribution in [0.1, 0.15) is 37.3 Å². The molecular weight excluding hydrogens is 396 g/mol. The Labute approximate surface area is 181 Å². The molecule has 0 saturated carbocycles. The third-order valence-electron chi connectivity index (χ3n) is 5.60. The number of likely N-dealkylation sites (tertiary alicyclic amines) is 1. The van der Waals surface area contributed by atoms with Crippen LogP contribution in [0.3, 0.4) is 0 Å². The zero-order valence-electron chi connectivity index (χ0n) is 17.7. The SMILES string of the molecule is C[C@@H](COC(=O)N1CCCC(=O)CC1)S(N)(Cc1ccccc1)Cc1ccccc1. The minimum atomic E-state index is -1.62. The fourth-order valence-electron chi connectivity index (χ4n) is 3.67. The summed E-state index contributed by atoms with van der Waals surface area (Å²) < 4.78 is 5.67. The minimum absolute atomic E-state index is 0.0375. The van der Waals surface area contributed by atoms with E-state index in [1.54, 1.807) is 4.90 Å². The molecule has 2 aromatic carbocycles. The number of amides is 1. The van der Waals surface area contributed by atoms with Gasteiger partial charge in [0.05, 0.1) is 0 Å². The maximum atomic E-state index is 12.6. The Kier molecular flexibility index (Phi) is 7.94. The van der Waals surface area contributed by atoms with Gasteiger partial charge in [0.15, 0.2) is 0 Å². The Morgan fingerprint density at radius 3 is 2.13 bits per heavy atom. The number of nitrogens with two attached hydrogens (primary N) is 1. The summed E-state index contributed by atoms with van der Waals surface area (Å²) in [5.74, 6) is 1.77. The van der Waals surface area contributed by atoms with Gasteiger partial charge in [0, 0.05) is 42.7 Å². The van der Waals surface area contributed by atoms with E-state index in [4.69, 9.17) is 9.88 Å². The van der Waals surface area contributed by atoms with Gasteiger partial charge in [-0.05, 0) is 17.5 Å². The maximum absolute atomic E-state index is 12.6. The van der Waals surface area contributed by atoms with E-state index in [1.165, 1.54) is 11.1 Å². The molecule has 5 nitrogen and oxygen atoms in total. The van der Waals surface area contributed by atoms with Crippen molar-refractivity contribution in [1.29, 1.82) is 0 Å². The number of Topliss-reactive ketones (excluding diaryl/α,β-unsaturated/α-hetero) is 1. The second kappa shape index (κ2) is 10.6. The molecule has 1 saturated heterocycles. The molecular formula is C24H32N2O3S. The summed E-state index contributed by atoms with van der Waals surface area (Å²) in [5.41, 5.74) is 2.41. The second-order valence-corrected chi connectivity index (χ2v) is 11.4. The minimum Gasteiger partial charge on any atom is -0.448 e. The third-order valence-corrected chi connectivity index (χ3v) is 9.08. The van der Waals surface area contributed by atoms with Crippen LogP contribution in [0, 0.1) is 0 Å². The molecule has 1 heterocycles. The quantitative estimate of drug-likeness (QED) is 0.697. The van der Waals surface area contributed by atoms with E-state index in [9.17, 15) is 9.59 Å². The molecule has 1 fully saturated rings. The lowest BCUT2D eigenvalue weighted by molar-refractivity contribution is -0.118. The van der Waals surface area contributed by atoms with Crippen LogP contribution in [-0.2, 0) is 21.0 Å². The van der Waals surface area contributed by atoms with Crippen molar-refractivity contribution in [2.45, 2.75) is 42.9 Å². The maximum Gasteiger partial charge on any atom is 0.409 e. The molecule has 0 radical (unpaired) electrons. The van der Waals surface area contributed by atoms with E-state index in [2.05, 4.69) is 31.2 Å². The number of ketones is 1. The Bertz CT molecular complexity index is 787. The van der Waals surface area contributed by atoms with Gasteiger partial charge < -0.3 is 9.64 Å². The number of rotatable bonds is 7. The molecule has 1 amide bonds. The lowest BCUT2D eigenvalue weighted by atomic mass is 10.2. The molecule has 1 atom stereocenters. The number of carbonyl (C=O) groups excluding carboxylic acids is 2. The average Bonchev–Trinajstić information content (AvgIpc) is 2.97. The molecule has 1 aliphatic rings. The standard InChI is InChI=1S/C24H32N2O3S/c1-20(17-29-24(28)26-15-8-13-23(27)14-16-26)30(25,18-21-9-4-2-5-10-21)19-22-11-6-3-7-12-22/h2-7,9-12,20H,8,13-19,25H2,1H3/t20-/m0/s1. The summed E-state index contributed by atoms with van der Waals surface area (Å²) >= 11 is 0. The van der Waals surface area contributed by atoms with E-state index in [-0.39, 0.29) is 23.7 Å². The fraction of sp³-hybridized carbons (Fsp3) is 0.417. The predicted molar refractivity (Wildman–Crippen MR) is 123 cm³/mol. The number of ether oxygens (including phenoxy) is 1. The van der Waals surface area contributed by atoms with Crippen molar-refractivity contribution >= 4 is 22.1 Å². The van der Waals surface area contributed by atoms with Crippen molar-refractivity contribution in [3.05, 3.63) is 71.8 Å². The van der Waals surface area contributed by atoms with Crippen LogP contribution in [0.15, 0.2) is 60.7 Å². The zero-order chi connectivity index (χ0) is 21.4. The predicted octanol–water partition coefficient (Wildman–Crippen LogP) is 4.65. The number of hydrogen-bond acceptors (Lipinski definition) is 4. The van der Waals surface area contributed by atoms with Crippen molar-refractivity contribution < 1.29 is 14.3 Å². The number of hydrogen-bond donors (Lipinski definition) is 1. The van der Waals surface area contributed by atoms with E-state index in [0.717, 1.165) is 11.5 Å². The van der Waals surface area contributed by atoms with Gasteiger partial charge in [-0.1, -0.05) is 67.6 Å². The van der Waals surface area contributed by atoms with E-state index >= 15 is 0 Å². The summed E-state index contributed by atoms with van der Waals surface area (Å²) in [6.07, 6.45) is 1.33. The normalized spacial score (nSPS) is 16.6. The molecule has 162 valence electrons. The number of nitrogens with zero attached hydrogens (tertiary/aromatic N) is 1. The molecule has 3 rings (SSSR count). The van der Waals surface area contributed by atoms with Crippen molar-refractivity contribution in [1.82, 2.24) is 4.90 Å². The highest BCUT2D eigenvalue weighted by Crippen LogP contribution is 2.51. The Morgan fingerprint density at radius 1 is 1.00 bits per heavy atom. The topological polar surface area (TPSA) is 72.6 Å². The fourth-order valence-corrected chi connectivity index (χ4v) is 6.30. The molecule has 0 aliphatic carbocycles. The second-order valence-electron chi connectivity index (χ2n) is 8.03. The Balaban J connectivity index is 1.67. The molecule has 6 heteroatoms. The highest BCUT2D eigenvalue weighted by molar-refractivity contribution is 8.31. The van der Waals surface area contributed by atoms with Gasteiger partial charge in [0.2, 0.25) is 0 Å². The summed E-state index contributed by atoms with van der Waals surface area (Å²) in [7, 11) is -1.62. The van der Waals surface area contributed by atoms with Gasteiger partial charge in [-0.2, -0.15) is 10.2 Å². The molecule has 0 unspecified atom stereocenters. The van der Waals surface area contributed by atoms with Crippen LogP contribution in [0.5, 0.6) is 0 Å². The third kappa shape index (κ3) is 6.34. The summed E-state index contributed by atoms with van der Waals surface area (Å²) in [5, 5.41) is 7.08. The molecule has 2 N–H and O–H groups in total. The van der Waals surface area contributed by atoms with Crippen LogP contribution >= 0.6 is 10.2 Å². The first-order chi connectivity index (χ1) is 14.5. The zero-order valence-corrected chi connectivity index (χ0v) is 18.5. The molecule has 30 heavy (non-hydrogen) atoms. The van der Waals surface area contributed by atoms with Gasteiger partial charge in [-0.3, -0.25) is 9.93 Å². The molecule has 0 bridgehead atoms. The first-order valence-corrected chi connectivity index (χ1v) is 12.6. The van der Waals surface area contributed by atoms with Gasteiger partial charge in [-0.15, -0.1) is 0 Å². The summed E-state index contributed by atoms with van der Waals surface area (Å²) in [6.45, 7) is 3.39. The van der Waals surface area contributed by atoms with Crippen LogP contribution in [-0.4, -0.2) is 41.7 Å². The van der Waals surface area contributed by atoms with Crippen LogP contribution in [0.2, 0.25) is 0 Å². The van der Waals surface area contributed by atoms with Crippen LogP contribution in [0.4, 0.5) is 4.79 Å². The highest BCUT2D eigenvalue weighted by Gasteiger charge is 2.29. The van der Waals surface area contributed by atoms with Crippen molar-refractivity contribution in [3.63, 3.8) is 0 Å². The Morgan fingerprint density at radius 2 is 1.57 bits per heavy atom. The lowest BCUT2D eigenvalue weighted by Gasteiger charge is -2.41. The number of carbonyl (C=O) groups is 2. The smallest absolute Gasteiger partial charge is 0.409 e. The van der Waals surface area contributed by atoms with Crippen molar-refractivity contribution in [2.75, 3.05) is 19.7 Å². The molecule has 0 aromatic heterocycles. The molecule has 2 aromatic rings. The van der Waals surface area contributed by atoms with Gasteiger partial charge >= 0.3 is 6.09 Å². The first-order valence-electron chi connectivity index (χ1n) is 10.5. The van der Waals surface area contributed by atoms with Crippen LogP contribution < -0.4 is 5.14 Å². The van der Waals surface area contributed by atoms with Gasteiger partial charge in [0.1, 0.15) is 12.4 Å². The van der Waals surface area contributed by atoms with E-state index < -0.39 is 10.2 Å². The van der Waals surface area contributed by atoms with Crippen molar-refractivity contribution in [3.8, 4) is 0 Å². The highest BCUT2D eigenvalue weighted by atomic mass is 32.3. The van der Waals surface area contributed by atoms with Crippen LogP contribution in [0.25, 0.3) is 0 Å². The molecule has 1 aliphatic heterocycles. The summed E-state index contributed by atoms with van der Waals surface area (Å²) in [6, 6.07) is 20.5. The van der Waals surface area contributed by atoms with E-state index in [1.807, 2.05) is 36.4 Å². The first kappa shape index (κ1) is 22.4. The van der Waals surface area contributed by atoms with Gasteiger partial charge in [-0.25, -0.2) is 4.79 Å². The monoisotopic (exact) mass is 428 g/mol. The average molecular weight is 429 g/mol. The molecule has 0 spiro atoms. The van der Waals surface area contributed by atoms with E-state index in [0.29, 0.717) is 32.4 Å². The van der Waals surface area contributed by atoms with Crippen molar-refractivity contribution in [2.24, 2.45) is 5.14 Å². The largest absolute Gasteiger partial charge is 0.448 e. The Hall–Kier alpha value is -2.31. The number of benzene rings is 2. The lowest BCUT2D eigenvalue weighted by Crippen LogP contribution is -2.36. The van der Waals surface area contributed by atoms with Gasteiger partial charge in [0.25, 0.3) is 0 Å². The summed E-state index contributed by atoms with van der Waals surface area (Å²) in [4.78, 5) is 25.8.